The second-order valence-corrected chi connectivity index (χ2v) is 3.70. The average Bonchev–Trinajstić information content (AvgIpc) is 2.11. The van der Waals surface area contributed by atoms with Crippen molar-refractivity contribution in [3.05, 3.63) is 34.1 Å². The van der Waals surface area contributed by atoms with Crippen LogP contribution in [0.1, 0.15) is 11.5 Å². The number of nitrogens with two attached hydrogens (primary N) is 1. The normalized spacial score (nSPS) is 13.3. The lowest BCUT2D eigenvalue weighted by Crippen LogP contribution is -2.19. The number of benzene rings is 1. The molecule has 5 heteroatoms. The minimum Gasteiger partial charge on any atom is -0.330 e. The molecule has 78 valence electrons. The molecule has 0 fully saturated rings. The molecule has 0 aliphatic carbocycles. The molecule has 14 heavy (non-hydrogen) atoms. The molecule has 0 saturated heterocycles. The summed E-state index contributed by atoms with van der Waals surface area (Å²) in [5.41, 5.74) is 5.40. The second-order valence-electron chi connectivity index (χ2n) is 2.85. The Hall–Kier alpha value is -0.550. The summed E-state index contributed by atoms with van der Waals surface area (Å²) < 4.78 is 38.1. The number of halogens is 4. The fourth-order valence-electron chi connectivity index (χ4n) is 1.13. The Morgan fingerprint density at radius 3 is 2.43 bits per heavy atom. The molecule has 0 heterocycles. The van der Waals surface area contributed by atoms with Crippen molar-refractivity contribution in [1.82, 2.24) is 0 Å². The molecular weight excluding hydrogens is 259 g/mol. The third-order valence-corrected chi connectivity index (χ3v) is 2.57. The predicted octanol–water partition coefficient (Wildman–Crippen LogP) is 2.90. The van der Waals surface area contributed by atoms with Gasteiger partial charge in [-0.25, -0.2) is 13.2 Å². The van der Waals surface area contributed by atoms with Gasteiger partial charge in [0.25, 0.3) is 0 Å². The van der Waals surface area contributed by atoms with E-state index in [1.165, 1.54) is 12.1 Å². The third kappa shape index (κ3) is 2.48. The van der Waals surface area contributed by atoms with Gasteiger partial charge in [0, 0.05) is 6.54 Å². The fraction of sp³-hybridized carbons (Fsp3) is 0.333. The van der Waals surface area contributed by atoms with Gasteiger partial charge in [-0.15, -0.1) is 0 Å². The summed E-state index contributed by atoms with van der Waals surface area (Å²) >= 11 is 2.94. The molecule has 1 aromatic rings. The van der Waals surface area contributed by atoms with Gasteiger partial charge in [-0.1, -0.05) is 6.07 Å². The van der Waals surface area contributed by atoms with Crippen molar-refractivity contribution in [2.45, 2.75) is 12.3 Å². The minimum atomic E-state index is -2.57. The maximum Gasteiger partial charge on any atom is 0.246 e. The van der Waals surface area contributed by atoms with E-state index in [-0.39, 0.29) is 16.6 Å². The van der Waals surface area contributed by atoms with Gasteiger partial charge in [-0.05, 0) is 33.6 Å². The number of rotatable bonds is 3. The van der Waals surface area contributed by atoms with Gasteiger partial charge < -0.3 is 5.73 Å². The SMILES string of the molecule is NCC(c1ccc(Br)c(F)c1)C(F)F. The molecule has 0 aliphatic rings. The molecule has 0 amide bonds. The molecule has 1 rings (SSSR count). The van der Waals surface area contributed by atoms with Gasteiger partial charge in [-0.3, -0.25) is 0 Å². The van der Waals surface area contributed by atoms with E-state index in [1.54, 1.807) is 0 Å². The second kappa shape index (κ2) is 4.79. The topological polar surface area (TPSA) is 26.0 Å². The molecule has 0 bridgehead atoms. The van der Waals surface area contributed by atoms with Crippen molar-refractivity contribution in [1.29, 1.82) is 0 Å². The highest BCUT2D eigenvalue weighted by Gasteiger charge is 2.21. The summed E-state index contributed by atoms with van der Waals surface area (Å²) in [5.74, 6) is -1.65. The van der Waals surface area contributed by atoms with E-state index in [0.717, 1.165) is 6.07 Å². The molecule has 1 unspecified atom stereocenters. The van der Waals surface area contributed by atoms with Crippen molar-refractivity contribution in [3.63, 3.8) is 0 Å². The van der Waals surface area contributed by atoms with Gasteiger partial charge in [0.15, 0.2) is 0 Å². The highest BCUT2D eigenvalue weighted by atomic mass is 79.9. The minimum absolute atomic E-state index is 0.196. The van der Waals surface area contributed by atoms with Crippen LogP contribution in [0, 0.1) is 5.82 Å². The van der Waals surface area contributed by atoms with Crippen LogP contribution < -0.4 is 5.73 Å². The first-order valence-corrected chi connectivity index (χ1v) is 4.78. The first-order chi connectivity index (χ1) is 6.56. The molecule has 0 aliphatic heterocycles. The van der Waals surface area contributed by atoms with Gasteiger partial charge in [0.2, 0.25) is 6.43 Å². The molecule has 2 N–H and O–H groups in total. The van der Waals surface area contributed by atoms with E-state index < -0.39 is 18.2 Å². The summed E-state index contributed by atoms with van der Waals surface area (Å²) in [6.07, 6.45) is -2.57. The van der Waals surface area contributed by atoms with E-state index in [4.69, 9.17) is 5.73 Å². The van der Waals surface area contributed by atoms with E-state index in [2.05, 4.69) is 15.9 Å². The van der Waals surface area contributed by atoms with Crippen LogP contribution in [-0.4, -0.2) is 13.0 Å². The fourth-order valence-corrected chi connectivity index (χ4v) is 1.37. The molecule has 0 aromatic heterocycles. The first-order valence-electron chi connectivity index (χ1n) is 3.99. The van der Waals surface area contributed by atoms with Crippen LogP contribution in [0.2, 0.25) is 0 Å². The summed E-state index contributed by atoms with van der Waals surface area (Å²) in [7, 11) is 0. The average molecular weight is 268 g/mol. The molecule has 1 atom stereocenters. The standard InChI is InChI=1S/C9H9BrF3N/c10-7-2-1-5(3-8(7)11)6(4-14)9(12)13/h1-3,6,9H,4,14H2. The summed E-state index contributed by atoms with van der Waals surface area (Å²) in [6.45, 7) is -0.196. The van der Waals surface area contributed by atoms with Gasteiger partial charge in [-0.2, -0.15) is 0 Å². The molecular formula is C9H9BrF3N. The maximum absolute atomic E-state index is 13.0. The molecule has 0 saturated carbocycles. The lowest BCUT2D eigenvalue weighted by Gasteiger charge is -2.14. The van der Waals surface area contributed by atoms with Crippen molar-refractivity contribution < 1.29 is 13.2 Å². The largest absolute Gasteiger partial charge is 0.330 e. The third-order valence-electron chi connectivity index (χ3n) is 1.93. The zero-order valence-electron chi connectivity index (χ0n) is 7.18. The lowest BCUT2D eigenvalue weighted by atomic mass is 10.00. The molecule has 0 radical (unpaired) electrons. The highest BCUT2D eigenvalue weighted by molar-refractivity contribution is 9.10. The predicted molar refractivity (Wildman–Crippen MR) is 51.9 cm³/mol. The van der Waals surface area contributed by atoms with E-state index >= 15 is 0 Å². The van der Waals surface area contributed by atoms with Crippen LogP contribution in [0.25, 0.3) is 0 Å². The van der Waals surface area contributed by atoms with Crippen molar-refractivity contribution in [2.75, 3.05) is 6.54 Å². The summed E-state index contributed by atoms with van der Waals surface area (Å²) in [4.78, 5) is 0. The Morgan fingerprint density at radius 1 is 1.36 bits per heavy atom. The number of hydrogen-bond donors (Lipinski definition) is 1. The van der Waals surface area contributed by atoms with Crippen LogP contribution in [0.3, 0.4) is 0 Å². The number of hydrogen-bond acceptors (Lipinski definition) is 1. The first kappa shape index (κ1) is 11.5. The Balaban J connectivity index is 3.00. The van der Waals surface area contributed by atoms with Gasteiger partial charge in [0.1, 0.15) is 5.82 Å². The highest BCUT2D eigenvalue weighted by Crippen LogP contribution is 2.25. The lowest BCUT2D eigenvalue weighted by molar-refractivity contribution is 0.117. The van der Waals surface area contributed by atoms with Crippen LogP contribution in [-0.2, 0) is 0 Å². The van der Waals surface area contributed by atoms with Gasteiger partial charge >= 0.3 is 0 Å². The smallest absolute Gasteiger partial charge is 0.246 e. The number of alkyl halides is 2. The summed E-state index contributed by atoms with van der Waals surface area (Å²) in [5, 5.41) is 0. The quantitative estimate of drug-likeness (QED) is 0.896. The zero-order chi connectivity index (χ0) is 10.7. The van der Waals surface area contributed by atoms with Crippen LogP contribution in [0.15, 0.2) is 22.7 Å². The zero-order valence-corrected chi connectivity index (χ0v) is 8.77. The summed E-state index contributed by atoms with van der Waals surface area (Å²) in [6, 6.07) is 3.92. The molecule has 1 nitrogen and oxygen atoms in total. The van der Waals surface area contributed by atoms with E-state index in [1.807, 2.05) is 0 Å². The Bertz CT molecular complexity index is 317. The van der Waals surface area contributed by atoms with Crippen molar-refractivity contribution in [3.8, 4) is 0 Å². The van der Waals surface area contributed by atoms with E-state index in [9.17, 15) is 13.2 Å². The van der Waals surface area contributed by atoms with Crippen molar-refractivity contribution in [2.24, 2.45) is 5.73 Å². The Labute approximate surface area is 88.2 Å². The van der Waals surface area contributed by atoms with Crippen LogP contribution >= 0.6 is 15.9 Å². The van der Waals surface area contributed by atoms with Gasteiger partial charge in [0.05, 0.1) is 10.4 Å². The van der Waals surface area contributed by atoms with E-state index in [0.29, 0.717) is 0 Å². The Morgan fingerprint density at radius 2 is 2.00 bits per heavy atom. The van der Waals surface area contributed by atoms with Crippen molar-refractivity contribution >= 4 is 15.9 Å². The molecule has 0 spiro atoms. The molecule has 1 aromatic carbocycles. The maximum atomic E-state index is 13.0. The van der Waals surface area contributed by atoms with Crippen LogP contribution in [0.4, 0.5) is 13.2 Å². The van der Waals surface area contributed by atoms with Crippen LogP contribution in [0.5, 0.6) is 0 Å². The Kier molecular flexibility index (Phi) is 3.95. The monoisotopic (exact) mass is 267 g/mol.